The molecule has 99 valence electrons. The molecule has 1 aliphatic carbocycles. The zero-order valence-electron chi connectivity index (χ0n) is 10.4. The molecule has 1 aliphatic rings. The summed E-state index contributed by atoms with van der Waals surface area (Å²) in [5, 5.41) is 11.1. The van der Waals surface area contributed by atoms with Gasteiger partial charge in [0.1, 0.15) is 0 Å². The molecule has 1 aromatic carbocycles. The molecule has 2 aromatic rings. The maximum atomic E-state index is 12.3. The second kappa shape index (κ2) is 5.03. The van der Waals surface area contributed by atoms with Crippen molar-refractivity contribution >= 4 is 16.6 Å². The van der Waals surface area contributed by atoms with Gasteiger partial charge in [-0.25, -0.2) is 4.98 Å². The smallest absolute Gasteiger partial charge is 0.271 e. The van der Waals surface area contributed by atoms with Gasteiger partial charge in [0.25, 0.3) is 11.2 Å². The minimum Gasteiger partial charge on any atom is -0.298 e. The van der Waals surface area contributed by atoms with Crippen LogP contribution in [0.2, 0.25) is 0 Å². The molecule has 0 unspecified atom stereocenters. The van der Waals surface area contributed by atoms with Gasteiger partial charge < -0.3 is 0 Å². The Balaban J connectivity index is 2.00. The van der Waals surface area contributed by atoms with Gasteiger partial charge in [-0.2, -0.15) is 0 Å². The second-order valence-corrected chi connectivity index (χ2v) is 4.43. The van der Waals surface area contributed by atoms with Crippen LogP contribution in [-0.4, -0.2) is 14.5 Å². The van der Waals surface area contributed by atoms with Gasteiger partial charge >= 0.3 is 0 Å². The number of hydrogen-bond acceptors (Lipinski definition) is 4. The number of benzene rings is 1. The lowest BCUT2D eigenvalue weighted by Crippen LogP contribution is -2.23. The molecule has 0 N–H and O–H groups in total. The van der Waals surface area contributed by atoms with Crippen LogP contribution in [0.25, 0.3) is 10.9 Å². The summed E-state index contributed by atoms with van der Waals surface area (Å²) in [7, 11) is 0. The number of nitrogens with zero attached hydrogens (tertiary/aromatic N) is 3. The Hall–Kier alpha value is -2.24. The van der Waals surface area contributed by atoms with E-state index in [-0.39, 0.29) is 11.2 Å². The number of nitro groups is 1. The summed E-state index contributed by atoms with van der Waals surface area (Å²) < 4.78 is 1.49. The third-order valence-electron chi connectivity index (χ3n) is 3.10. The van der Waals surface area contributed by atoms with Crippen LogP contribution in [0.3, 0.4) is 0 Å². The van der Waals surface area contributed by atoms with Crippen LogP contribution < -0.4 is 5.56 Å². The first-order chi connectivity index (χ1) is 9.65. The Bertz CT molecular complexity index is 717. The molecule has 1 heterocycles. The minimum atomic E-state index is -0.503. The summed E-state index contributed by atoms with van der Waals surface area (Å²) in [6, 6.07) is 4.08. The van der Waals surface area contributed by atoms with E-state index in [9.17, 15) is 14.9 Å². The van der Waals surface area contributed by atoms with Crippen molar-refractivity contribution in [1.29, 1.82) is 0 Å². The Kier molecular flexibility index (Phi) is 3.22. The molecule has 1 saturated carbocycles. The molecule has 6 heteroatoms. The number of nitro benzene ring substituents is 1. The summed E-state index contributed by atoms with van der Waals surface area (Å²) >= 11 is 0. The highest BCUT2D eigenvalue weighted by molar-refractivity contribution is 5.79. The largest absolute Gasteiger partial charge is 0.298 e. The van der Waals surface area contributed by atoms with Crippen molar-refractivity contribution in [3.05, 3.63) is 76.6 Å². The molecular formula is C14H10N3O3. The SMILES string of the molecule is O=c1c2ccc([N+](=O)[O-])cc2ncn1C[C]1[CH][CH][CH][CH]1. The number of rotatable bonds is 3. The fraction of sp³-hybridized carbons (Fsp3) is 0.0714. The molecule has 3 rings (SSSR count). The molecule has 0 saturated heterocycles. The van der Waals surface area contributed by atoms with Crippen LogP contribution in [0.1, 0.15) is 0 Å². The van der Waals surface area contributed by atoms with Crippen molar-refractivity contribution in [2.75, 3.05) is 0 Å². The van der Waals surface area contributed by atoms with E-state index < -0.39 is 4.92 Å². The van der Waals surface area contributed by atoms with Gasteiger partial charge in [0.05, 0.1) is 22.2 Å². The van der Waals surface area contributed by atoms with Crippen LogP contribution in [0, 0.1) is 41.7 Å². The normalized spacial score (nSPS) is 15.8. The lowest BCUT2D eigenvalue weighted by molar-refractivity contribution is -0.384. The molecule has 0 amide bonds. The molecule has 1 aromatic heterocycles. The lowest BCUT2D eigenvalue weighted by Gasteiger charge is -2.10. The van der Waals surface area contributed by atoms with Gasteiger partial charge in [-0.15, -0.1) is 0 Å². The minimum absolute atomic E-state index is 0.0711. The van der Waals surface area contributed by atoms with Crippen molar-refractivity contribution in [3.8, 4) is 0 Å². The highest BCUT2D eigenvalue weighted by atomic mass is 16.6. The number of hydrogen-bond donors (Lipinski definition) is 0. The van der Waals surface area contributed by atoms with E-state index in [4.69, 9.17) is 0 Å². The summed E-state index contributed by atoms with van der Waals surface area (Å²) in [5.74, 6) is 1.01. The van der Waals surface area contributed by atoms with Crippen molar-refractivity contribution in [1.82, 2.24) is 9.55 Å². The average Bonchev–Trinajstić information content (AvgIpc) is 2.94. The first kappa shape index (κ1) is 12.8. The van der Waals surface area contributed by atoms with Crippen molar-refractivity contribution in [2.24, 2.45) is 0 Å². The van der Waals surface area contributed by atoms with E-state index in [1.807, 2.05) is 25.7 Å². The molecule has 6 nitrogen and oxygen atoms in total. The van der Waals surface area contributed by atoms with E-state index in [1.54, 1.807) is 0 Å². The second-order valence-electron chi connectivity index (χ2n) is 4.43. The fourth-order valence-electron chi connectivity index (χ4n) is 2.09. The zero-order chi connectivity index (χ0) is 14.1. The van der Waals surface area contributed by atoms with Crippen molar-refractivity contribution in [2.45, 2.75) is 6.54 Å². The van der Waals surface area contributed by atoms with Gasteiger partial charge in [-0.1, -0.05) is 0 Å². The monoisotopic (exact) mass is 268 g/mol. The van der Waals surface area contributed by atoms with Gasteiger partial charge in [0.2, 0.25) is 0 Å². The summed E-state index contributed by atoms with van der Waals surface area (Å²) in [5.41, 5.74) is 0.0623. The first-order valence-corrected chi connectivity index (χ1v) is 5.99. The lowest BCUT2D eigenvalue weighted by atomic mass is 10.1. The van der Waals surface area contributed by atoms with Gasteiger partial charge in [-0.3, -0.25) is 19.5 Å². The van der Waals surface area contributed by atoms with E-state index in [0.717, 1.165) is 5.92 Å². The Morgan fingerprint density at radius 1 is 1.25 bits per heavy atom. The summed E-state index contributed by atoms with van der Waals surface area (Å²) in [6.45, 7) is 0.436. The van der Waals surface area contributed by atoms with E-state index in [2.05, 4.69) is 4.98 Å². The van der Waals surface area contributed by atoms with Crippen molar-refractivity contribution < 1.29 is 4.92 Å². The molecular weight excluding hydrogens is 258 g/mol. The zero-order valence-corrected chi connectivity index (χ0v) is 10.4. The molecule has 0 bridgehead atoms. The maximum Gasteiger partial charge on any atom is 0.271 e. The molecule has 0 spiro atoms. The highest BCUT2D eigenvalue weighted by Crippen LogP contribution is 2.24. The molecule has 0 atom stereocenters. The Morgan fingerprint density at radius 3 is 2.70 bits per heavy atom. The first-order valence-electron chi connectivity index (χ1n) is 5.99. The Labute approximate surface area is 115 Å². The van der Waals surface area contributed by atoms with Gasteiger partial charge in [0.15, 0.2) is 0 Å². The predicted molar refractivity (Wildman–Crippen MR) is 73.1 cm³/mol. The van der Waals surface area contributed by atoms with Crippen molar-refractivity contribution in [3.63, 3.8) is 0 Å². The quantitative estimate of drug-likeness (QED) is 0.627. The Morgan fingerprint density at radius 2 is 2.00 bits per heavy atom. The number of fused-ring (bicyclic) bond motifs is 1. The van der Waals surface area contributed by atoms with Crippen LogP contribution >= 0.6 is 0 Å². The van der Waals surface area contributed by atoms with E-state index in [0.29, 0.717) is 17.4 Å². The summed E-state index contributed by atoms with van der Waals surface area (Å²) in [6.07, 6.45) is 9.07. The van der Waals surface area contributed by atoms with Gasteiger partial charge in [0, 0.05) is 24.6 Å². The third kappa shape index (κ3) is 2.29. The van der Waals surface area contributed by atoms with Crippen LogP contribution in [0.4, 0.5) is 5.69 Å². The molecule has 1 fully saturated rings. The topological polar surface area (TPSA) is 78.0 Å². The standard InChI is InChI=1S/C14H10N3O3/c18-14-12-6-5-11(17(19)20)7-13(12)15-9-16(14)8-10-3-1-2-4-10/h1-7,9H,8H2. The van der Waals surface area contributed by atoms with Crippen LogP contribution in [-0.2, 0) is 6.54 Å². The fourth-order valence-corrected chi connectivity index (χ4v) is 2.09. The number of aromatic nitrogens is 2. The summed E-state index contributed by atoms with van der Waals surface area (Å²) in [4.78, 5) is 26.6. The maximum absolute atomic E-state index is 12.3. The third-order valence-corrected chi connectivity index (χ3v) is 3.10. The molecule has 0 aliphatic heterocycles. The average molecular weight is 268 g/mol. The number of non-ortho nitro benzene ring substituents is 1. The van der Waals surface area contributed by atoms with E-state index in [1.165, 1.54) is 29.1 Å². The molecule has 20 heavy (non-hydrogen) atoms. The van der Waals surface area contributed by atoms with Crippen LogP contribution in [0.15, 0.2) is 29.3 Å². The van der Waals surface area contributed by atoms with Gasteiger partial charge in [-0.05, 0) is 31.7 Å². The predicted octanol–water partition coefficient (Wildman–Crippen LogP) is 1.71. The van der Waals surface area contributed by atoms with E-state index >= 15 is 0 Å². The van der Waals surface area contributed by atoms with Crippen LogP contribution in [0.5, 0.6) is 0 Å². The highest BCUT2D eigenvalue weighted by Gasteiger charge is 2.18. The molecule has 5 radical (unpaired) electrons.